The van der Waals surface area contributed by atoms with Crippen molar-refractivity contribution < 1.29 is 23.8 Å². The average Bonchev–Trinajstić information content (AvgIpc) is 3.20. The summed E-state index contributed by atoms with van der Waals surface area (Å²) in [5.74, 6) is -0.438. The van der Waals surface area contributed by atoms with Crippen molar-refractivity contribution in [1.82, 2.24) is 0 Å². The zero-order chi connectivity index (χ0) is 40.7. The molecule has 0 aliphatic heterocycles. The fourth-order valence-corrected chi connectivity index (χ4v) is 6.57. The number of ether oxygens (including phenoxy) is 3. The normalized spacial score (nSPS) is 12.7. The highest BCUT2D eigenvalue weighted by atomic mass is 16.6. The van der Waals surface area contributed by atoms with E-state index in [2.05, 4.69) is 81.5 Å². The van der Waals surface area contributed by atoms with Crippen LogP contribution in [0.4, 0.5) is 0 Å². The lowest BCUT2D eigenvalue weighted by Gasteiger charge is -2.18. The number of allylic oxidation sites excluding steroid dienone is 9. The summed E-state index contributed by atoms with van der Waals surface area (Å²) in [5, 5.41) is 0. The summed E-state index contributed by atoms with van der Waals surface area (Å²) in [4.78, 5) is 25.2. The number of carbonyl (C=O) groups excluding carboxylic acids is 2. The zero-order valence-corrected chi connectivity index (χ0v) is 37.1. The van der Waals surface area contributed by atoms with Crippen LogP contribution >= 0.6 is 0 Å². The number of hydrogen-bond donors (Lipinski definition) is 0. The van der Waals surface area contributed by atoms with E-state index in [9.17, 15) is 9.59 Å². The largest absolute Gasteiger partial charge is 0.462 e. The molecular weight excluding hydrogens is 693 g/mol. The minimum Gasteiger partial charge on any atom is -0.462 e. The third-order valence-corrected chi connectivity index (χ3v) is 10.1. The molecule has 324 valence electrons. The van der Waals surface area contributed by atoms with Gasteiger partial charge in [0.15, 0.2) is 6.10 Å². The van der Waals surface area contributed by atoms with Crippen molar-refractivity contribution in [1.29, 1.82) is 0 Å². The quantitative estimate of drug-likeness (QED) is 0.0350. The summed E-state index contributed by atoms with van der Waals surface area (Å²) in [6.45, 7) is 7.49. The fourth-order valence-electron chi connectivity index (χ4n) is 6.57. The molecule has 56 heavy (non-hydrogen) atoms. The van der Waals surface area contributed by atoms with Crippen LogP contribution in [0, 0.1) is 0 Å². The maximum absolute atomic E-state index is 12.6. The predicted molar refractivity (Wildman–Crippen MR) is 242 cm³/mol. The number of unbranched alkanes of at least 4 members (excludes halogenated alkanes) is 22. The molecule has 0 aliphatic rings. The first-order valence-electron chi connectivity index (χ1n) is 23.8. The van der Waals surface area contributed by atoms with Crippen LogP contribution in [0.25, 0.3) is 0 Å². The number of hydrogen-bond acceptors (Lipinski definition) is 5. The summed E-state index contributed by atoms with van der Waals surface area (Å²) >= 11 is 0. The van der Waals surface area contributed by atoms with Crippen molar-refractivity contribution in [3.63, 3.8) is 0 Å². The van der Waals surface area contributed by atoms with Crippen molar-refractivity contribution in [2.45, 2.75) is 232 Å². The molecule has 0 saturated carbocycles. The monoisotopic (exact) mass is 783 g/mol. The Morgan fingerprint density at radius 1 is 0.411 bits per heavy atom. The molecule has 0 aliphatic carbocycles. The van der Waals surface area contributed by atoms with Crippen molar-refractivity contribution >= 4 is 11.9 Å². The second-order valence-electron chi connectivity index (χ2n) is 15.6. The van der Waals surface area contributed by atoms with Crippen LogP contribution in [0.3, 0.4) is 0 Å². The average molecular weight is 783 g/mol. The molecule has 5 nitrogen and oxygen atoms in total. The summed E-state index contributed by atoms with van der Waals surface area (Å²) in [7, 11) is 0. The van der Waals surface area contributed by atoms with Crippen molar-refractivity contribution in [3.8, 4) is 0 Å². The Kier molecular flexibility index (Phi) is 45.0. The Labute approximate surface area is 347 Å². The first-order valence-corrected chi connectivity index (χ1v) is 23.8. The van der Waals surface area contributed by atoms with E-state index in [1.165, 1.54) is 122 Å². The number of esters is 2. The smallest absolute Gasteiger partial charge is 0.306 e. The van der Waals surface area contributed by atoms with E-state index in [4.69, 9.17) is 14.2 Å². The summed E-state index contributed by atoms with van der Waals surface area (Å²) in [6, 6.07) is 0. The van der Waals surface area contributed by atoms with Gasteiger partial charge in [-0.2, -0.15) is 0 Å². The maximum atomic E-state index is 12.6. The van der Waals surface area contributed by atoms with Gasteiger partial charge in [-0.25, -0.2) is 0 Å². The van der Waals surface area contributed by atoms with E-state index in [0.29, 0.717) is 19.4 Å². The molecule has 0 spiro atoms. The van der Waals surface area contributed by atoms with Gasteiger partial charge < -0.3 is 14.2 Å². The number of carbonyl (C=O) groups is 2. The van der Waals surface area contributed by atoms with Crippen LogP contribution in [0.2, 0.25) is 0 Å². The van der Waals surface area contributed by atoms with E-state index in [0.717, 1.165) is 70.6 Å². The molecule has 0 aromatic rings. The second kappa shape index (κ2) is 47.0. The van der Waals surface area contributed by atoms with E-state index >= 15 is 0 Å². The molecule has 0 heterocycles. The van der Waals surface area contributed by atoms with Crippen molar-refractivity contribution in [2.75, 3.05) is 19.8 Å². The zero-order valence-electron chi connectivity index (χ0n) is 37.1. The molecule has 0 bridgehead atoms. The Hall–Kier alpha value is -2.40. The minimum atomic E-state index is -0.570. The first kappa shape index (κ1) is 53.6. The highest BCUT2D eigenvalue weighted by Crippen LogP contribution is 2.15. The van der Waals surface area contributed by atoms with E-state index in [1.54, 1.807) is 0 Å². The van der Waals surface area contributed by atoms with Crippen LogP contribution in [0.15, 0.2) is 60.8 Å². The SMILES string of the molecule is CC/C=C\C/C=C\C/C=C\C/C=C\C/C=C\CCOCC(COC(=O)CCCCCCCCCCCCCCCCCCC)OC(=O)CCCCCCCCC. The van der Waals surface area contributed by atoms with Gasteiger partial charge in [0, 0.05) is 12.8 Å². The van der Waals surface area contributed by atoms with Gasteiger partial charge in [0.2, 0.25) is 0 Å². The lowest BCUT2D eigenvalue weighted by molar-refractivity contribution is -0.162. The van der Waals surface area contributed by atoms with Gasteiger partial charge in [-0.15, -0.1) is 0 Å². The predicted octanol–water partition coefficient (Wildman–Crippen LogP) is 15.8. The molecule has 0 amide bonds. The molecule has 0 rings (SSSR count). The molecular formula is C51H90O5. The minimum absolute atomic E-state index is 0.0578. The first-order chi connectivity index (χ1) is 27.6. The van der Waals surface area contributed by atoms with E-state index in [1.807, 2.05) is 0 Å². The summed E-state index contributed by atoms with van der Waals surface area (Å²) in [5.41, 5.74) is 0. The van der Waals surface area contributed by atoms with Gasteiger partial charge in [-0.3, -0.25) is 9.59 Å². The van der Waals surface area contributed by atoms with Crippen molar-refractivity contribution in [2.24, 2.45) is 0 Å². The number of rotatable bonds is 43. The van der Waals surface area contributed by atoms with Crippen LogP contribution in [-0.4, -0.2) is 37.9 Å². The molecule has 5 heteroatoms. The van der Waals surface area contributed by atoms with Crippen LogP contribution < -0.4 is 0 Å². The van der Waals surface area contributed by atoms with Crippen molar-refractivity contribution in [3.05, 3.63) is 60.8 Å². The van der Waals surface area contributed by atoms with E-state index in [-0.39, 0.29) is 25.2 Å². The Balaban J connectivity index is 4.22. The Bertz CT molecular complexity index is 977. The third kappa shape index (κ3) is 44.3. The molecule has 0 radical (unpaired) electrons. The van der Waals surface area contributed by atoms with Gasteiger partial charge in [0.1, 0.15) is 6.61 Å². The Morgan fingerprint density at radius 3 is 1.18 bits per heavy atom. The van der Waals surface area contributed by atoms with Crippen LogP contribution in [0.5, 0.6) is 0 Å². The van der Waals surface area contributed by atoms with Gasteiger partial charge >= 0.3 is 11.9 Å². The van der Waals surface area contributed by atoms with Crippen LogP contribution in [0.1, 0.15) is 226 Å². The van der Waals surface area contributed by atoms with Gasteiger partial charge in [0.05, 0.1) is 13.2 Å². The molecule has 1 unspecified atom stereocenters. The highest BCUT2D eigenvalue weighted by molar-refractivity contribution is 5.70. The van der Waals surface area contributed by atoms with Gasteiger partial charge in [-0.05, 0) is 51.4 Å². The van der Waals surface area contributed by atoms with E-state index < -0.39 is 6.10 Å². The summed E-state index contributed by atoms with van der Waals surface area (Å²) in [6.07, 6.45) is 58.3. The Morgan fingerprint density at radius 2 is 0.768 bits per heavy atom. The van der Waals surface area contributed by atoms with Gasteiger partial charge in [-0.1, -0.05) is 223 Å². The molecule has 0 N–H and O–H groups in total. The molecule has 0 aromatic carbocycles. The third-order valence-electron chi connectivity index (χ3n) is 10.1. The standard InChI is InChI=1S/C51H90O5/c1-4-7-10-13-16-18-20-22-24-26-27-29-31-33-36-38-41-44-50(52)55-48-49(56-51(53)45-42-39-35-15-12-9-6-3)47-54-46-43-40-37-34-32-30-28-25-23-21-19-17-14-11-8-5-2/h8,11,17,19,23,25,30,32,37,40,49H,4-7,9-10,12-16,18,20-22,24,26-29,31,33-36,38-39,41-48H2,1-3H3/b11-8-,19-17-,25-23-,32-30-,40-37-. The maximum Gasteiger partial charge on any atom is 0.306 e. The van der Waals surface area contributed by atoms with Crippen LogP contribution in [-0.2, 0) is 23.8 Å². The second-order valence-corrected chi connectivity index (χ2v) is 15.6. The summed E-state index contributed by atoms with van der Waals surface area (Å²) < 4.78 is 17.2. The lowest BCUT2D eigenvalue weighted by Crippen LogP contribution is -2.30. The topological polar surface area (TPSA) is 61.8 Å². The molecule has 0 aromatic heterocycles. The lowest BCUT2D eigenvalue weighted by atomic mass is 10.0. The highest BCUT2D eigenvalue weighted by Gasteiger charge is 2.17. The molecule has 0 saturated heterocycles. The fraction of sp³-hybridized carbons (Fsp3) is 0.765. The molecule has 0 fully saturated rings. The molecule has 1 atom stereocenters. The van der Waals surface area contributed by atoms with Gasteiger partial charge in [0.25, 0.3) is 0 Å².